The molecule has 1 unspecified atom stereocenters. The van der Waals surface area contributed by atoms with Crippen molar-refractivity contribution in [3.05, 3.63) is 68.8 Å². The van der Waals surface area contributed by atoms with Gasteiger partial charge in [-0.05, 0) is 86.1 Å². The summed E-state index contributed by atoms with van der Waals surface area (Å²) >= 11 is 0. The van der Waals surface area contributed by atoms with Crippen LogP contribution in [-0.2, 0) is 17.6 Å². The number of carboxylic acid groups (broad SMARTS) is 1. The molecule has 3 aliphatic rings. The normalized spacial score (nSPS) is 18.2. The Labute approximate surface area is 233 Å². The van der Waals surface area contributed by atoms with Gasteiger partial charge >= 0.3 is 5.97 Å². The van der Waals surface area contributed by atoms with E-state index in [1.807, 2.05) is 6.92 Å². The summed E-state index contributed by atoms with van der Waals surface area (Å²) in [5.41, 5.74) is 14.8. The molecule has 2 atom stereocenters. The van der Waals surface area contributed by atoms with Crippen LogP contribution in [0.15, 0.2) is 18.2 Å². The van der Waals surface area contributed by atoms with E-state index in [0.717, 1.165) is 74.4 Å². The fraction of sp³-hybridized carbons (Fsp3) is 0.394. The van der Waals surface area contributed by atoms with Gasteiger partial charge in [0, 0.05) is 58.0 Å². The summed E-state index contributed by atoms with van der Waals surface area (Å²) in [6, 6.07) is 6.35. The summed E-state index contributed by atoms with van der Waals surface area (Å²) in [6.07, 6.45) is 2.55. The predicted molar refractivity (Wildman–Crippen MR) is 159 cm³/mol. The van der Waals surface area contributed by atoms with Crippen LogP contribution < -0.4 is 0 Å². The quantitative estimate of drug-likeness (QED) is 0.316. The number of Topliss-reactive ketones (excluding diaryl/α,β-unsaturated/α-hetero) is 1. The van der Waals surface area contributed by atoms with Gasteiger partial charge in [-0.15, -0.1) is 0 Å². The largest absolute Gasteiger partial charge is 0.481 e. The monoisotopic (exact) mass is 536 g/mol. The van der Waals surface area contributed by atoms with Crippen LogP contribution in [0.2, 0.25) is 0 Å². The van der Waals surface area contributed by atoms with Crippen LogP contribution in [0.5, 0.6) is 0 Å². The lowest BCUT2D eigenvalue weighted by Gasteiger charge is -2.16. The number of ketones is 1. The van der Waals surface area contributed by atoms with Crippen molar-refractivity contribution in [1.29, 1.82) is 0 Å². The first-order valence-corrected chi connectivity index (χ1v) is 14.3. The van der Waals surface area contributed by atoms with Crippen LogP contribution >= 0.6 is 0 Å². The third-order valence-corrected chi connectivity index (χ3v) is 9.26. The highest BCUT2D eigenvalue weighted by Crippen LogP contribution is 2.44. The first-order valence-electron chi connectivity index (χ1n) is 14.3. The van der Waals surface area contributed by atoms with Crippen LogP contribution in [0.4, 0.5) is 0 Å². The molecule has 8 bridgehead atoms. The minimum absolute atomic E-state index is 0.0206. The van der Waals surface area contributed by atoms with Gasteiger partial charge in [0.2, 0.25) is 0 Å². The number of aliphatic carboxylic acids is 1. The molecule has 1 aliphatic carbocycles. The van der Waals surface area contributed by atoms with Gasteiger partial charge in [-0.1, -0.05) is 20.8 Å². The summed E-state index contributed by atoms with van der Waals surface area (Å²) in [6.45, 7) is 12.7. The maximum absolute atomic E-state index is 13.4. The van der Waals surface area contributed by atoms with Crippen molar-refractivity contribution in [1.82, 2.24) is 19.9 Å². The van der Waals surface area contributed by atoms with Crippen LogP contribution in [0, 0.1) is 13.8 Å². The molecule has 6 rings (SSSR count). The van der Waals surface area contributed by atoms with E-state index in [1.165, 1.54) is 22.3 Å². The highest BCUT2D eigenvalue weighted by Gasteiger charge is 2.35. The van der Waals surface area contributed by atoms with Crippen molar-refractivity contribution >= 4 is 45.0 Å². The third-order valence-electron chi connectivity index (χ3n) is 9.26. The van der Waals surface area contributed by atoms with Crippen LogP contribution in [0.25, 0.3) is 33.2 Å². The molecule has 206 valence electrons. The smallest absolute Gasteiger partial charge is 0.303 e. The van der Waals surface area contributed by atoms with Crippen molar-refractivity contribution in [3.8, 4) is 0 Å². The Hall–Kier alpha value is -4.00. The van der Waals surface area contributed by atoms with E-state index >= 15 is 0 Å². The Morgan fingerprint density at radius 1 is 0.975 bits per heavy atom. The number of aromatic nitrogens is 4. The van der Waals surface area contributed by atoms with Crippen molar-refractivity contribution < 1.29 is 14.7 Å². The van der Waals surface area contributed by atoms with E-state index in [4.69, 9.17) is 9.97 Å². The van der Waals surface area contributed by atoms with Gasteiger partial charge in [-0.3, -0.25) is 14.6 Å². The number of aromatic amines is 2. The number of H-pyrrole nitrogens is 2. The molecule has 40 heavy (non-hydrogen) atoms. The van der Waals surface area contributed by atoms with E-state index < -0.39 is 5.97 Å². The minimum atomic E-state index is -0.820. The van der Waals surface area contributed by atoms with Crippen molar-refractivity contribution in [2.75, 3.05) is 0 Å². The second kappa shape index (κ2) is 9.58. The van der Waals surface area contributed by atoms with Crippen molar-refractivity contribution in [3.63, 3.8) is 0 Å². The van der Waals surface area contributed by atoms with Crippen LogP contribution in [0.1, 0.15) is 114 Å². The van der Waals surface area contributed by atoms with Crippen LogP contribution in [-0.4, -0.2) is 36.8 Å². The predicted octanol–water partition coefficient (Wildman–Crippen LogP) is 7.33. The Morgan fingerprint density at radius 3 is 2.40 bits per heavy atom. The Morgan fingerprint density at radius 2 is 1.70 bits per heavy atom. The van der Waals surface area contributed by atoms with Crippen molar-refractivity contribution in [2.45, 2.75) is 85.5 Å². The summed E-state index contributed by atoms with van der Waals surface area (Å²) in [5, 5.41) is 9.50. The SMILES string of the molecule is CCC1=C(C)c2cc3[nH]c(cc4nc(c5c6[nH]c(cc1n2)c(C)c6C(=O)C5)[C@@H](CCC(=O)O)C4C)c(C)c3CC. The first kappa shape index (κ1) is 26.2. The Bertz CT molecular complexity index is 1800. The molecular formula is C33H36N4O3. The highest BCUT2D eigenvalue weighted by atomic mass is 16.4. The number of carboxylic acids is 1. The molecule has 3 aromatic heterocycles. The second-order valence-corrected chi connectivity index (χ2v) is 11.4. The molecule has 0 amide bonds. The Kier molecular flexibility index (Phi) is 6.28. The van der Waals surface area contributed by atoms with E-state index in [9.17, 15) is 14.7 Å². The molecule has 7 heteroatoms. The zero-order chi connectivity index (χ0) is 28.5. The van der Waals surface area contributed by atoms with Gasteiger partial charge in [0.05, 0.1) is 22.6 Å². The summed E-state index contributed by atoms with van der Waals surface area (Å²) in [5.74, 6) is -0.798. The van der Waals surface area contributed by atoms with E-state index in [1.54, 1.807) is 0 Å². The third kappa shape index (κ3) is 3.94. The highest BCUT2D eigenvalue weighted by molar-refractivity contribution is 6.13. The average Bonchev–Trinajstić information content (AvgIpc) is 3.65. The number of carbonyl (C=O) groups excluding carboxylic acids is 1. The molecule has 0 saturated carbocycles. The number of allylic oxidation sites excluding steroid dienone is 2. The lowest BCUT2D eigenvalue weighted by molar-refractivity contribution is -0.137. The molecule has 0 saturated heterocycles. The zero-order valence-electron chi connectivity index (χ0n) is 24.1. The lowest BCUT2D eigenvalue weighted by atomic mass is 9.85. The maximum Gasteiger partial charge on any atom is 0.303 e. The summed E-state index contributed by atoms with van der Waals surface area (Å²) in [7, 11) is 0. The fourth-order valence-electron chi connectivity index (χ4n) is 6.93. The second-order valence-electron chi connectivity index (χ2n) is 11.4. The van der Waals surface area contributed by atoms with Crippen molar-refractivity contribution in [2.24, 2.45) is 0 Å². The molecule has 0 fully saturated rings. The van der Waals surface area contributed by atoms with Gasteiger partial charge in [0.15, 0.2) is 5.78 Å². The molecule has 7 nitrogen and oxygen atoms in total. The lowest BCUT2D eigenvalue weighted by Crippen LogP contribution is -2.08. The number of hydrogen-bond donors (Lipinski definition) is 3. The number of carbonyl (C=O) groups is 2. The number of nitrogens with zero attached hydrogens (tertiary/aromatic N) is 2. The molecule has 0 radical (unpaired) electrons. The summed E-state index contributed by atoms with van der Waals surface area (Å²) in [4.78, 5) is 42.4. The van der Waals surface area contributed by atoms with Gasteiger partial charge < -0.3 is 15.1 Å². The number of fused-ring (bicyclic) bond motifs is 8. The summed E-state index contributed by atoms with van der Waals surface area (Å²) < 4.78 is 0. The number of rotatable bonds is 5. The van der Waals surface area contributed by atoms with Crippen LogP contribution in [0.3, 0.4) is 0 Å². The molecular weight excluding hydrogens is 500 g/mol. The molecule has 0 aromatic carbocycles. The Balaban J connectivity index is 1.77. The molecule has 5 heterocycles. The van der Waals surface area contributed by atoms with Gasteiger partial charge in [-0.25, -0.2) is 4.98 Å². The fourth-order valence-corrected chi connectivity index (χ4v) is 6.93. The maximum atomic E-state index is 13.4. The number of aryl methyl sites for hydroxylation is 3. The number of nitrogens with one attached hydrogen (secondary N) is 2. The van der Waals surface area contributed by atoms with E-state index in [2.05, 4.69) is 62.8 Å². The molecule has 3 aromatic rings. The topological polar surface area (TPSA) is 112 Å². The van der Waals surface area contributed by atoms with Gasteiger partial charge in [-0.2, -0.15) is 0 Å². The molecule has 2 aliphatic heterocycles. The average molecular weight is 537 g/mol. The van der Waals surface area contributed by atoms with Gasteiger partial charge in [0.25, 0.3) is 0 Å². The van der Waals surface area contributed by atoms with E-state index in [-0.39, 0.29) is 30.5 Å². The zero-order valence-corrected chi connectivity index (χ0v) is 24.1. The standard InChI is InChI=1S/C33H36N4O3/c1-7-19-15(3)23-12-25-17(5)21(9-10-30(39)40)32(36-25)22-11-29(38)31-18(6)26(37-33(22)31)14-28-20(8-2)16(4)24(35-28)13-27(19)34-23/h12-14,17,21,34,37H,7-11H2,1-6H3,(H,39,40)/t17?,21-/m0/s1. The molecule has 0 spiro atoms. The van der Waals surface area contributed by atoms with E-state index in [0.29, 0.717) is 6.42 Å². The molecule has 3 N–H and O–H groups in total. The number of hydrogen-bond acceptors (Lipinski definition) is 4. The first-order chi connectivity index (χ1) is 19.1. The van der Waals surface area contributed by atoms with Gasteiger partial charge in [0.1, 0.15) is 0 Å². The minimum Gasteiger partial charge on any atom is -0.481 e.